The van der Waals surface area contributed by atoms with E-state index in [2.05, 4.69) is 32.9 Å². The number of hydrogen-bond donors (Lipinski definition) is 0. The number of hydrogen-bond acceptors (Lipinski definition) is 3. The minimum absolute atomic E-state index is 0.293. The van der Waals surface area contributed by atoms with Crippen molar-refractivity contribution in [1.82, 2.24) is 0 Å². The van der Waals surface area contributed by atoms with Gasteiger partial charge in [-0.1, -0.05) is 37.6 Å². The number of fused-ring (bicyclic) bond motifs is 3. The molecule has 23 heavy (non-hydrogen) atoms. The molecule has 1 aliphatic heterocycles. The molecule has 120 valence electrons. The van der Waals surface area contributed by atoms with Crippen LogP contribution < -0.4 is 4.74 Å². The van der Waals surface area contributed by atoms with Crippen LogP contribution in [0.25, 0.3) is 11.1 Å². The molecule has 2 aromatic carbocycles. The number of methoxy groups -OCH3 is 1. The Hall–Kier alpha value is -2.29. The van der Waals surface area contributed by atoms with Gasteiger partial charge in [-0.05, 0) is 43.5 Å². The van der Waals surface area contributed by atoms with Crippen LogP contribution in [0.4, 0.5) is 0 Å². The average molecular weight is 310 g/mol. The molecular weight excluding hydrogens is 288 g/mol. The highest BCUT2D eigenvalue weighted by molar-refractivity contribution is 5.94. The molecule has 0 radical (unpaired) electrons. The third-order valence-electron chi connectivity index (χ3n) is 4.36. The largest absolute Gasteiger partial charge is 0.482 e. The molecule has 0 unspecified atom stereocenters. The van der Waals surface area contributed by atoms with E-state index in [0.717, 1.165) is 40.8 Å². The molecule has 0 atom stereocenters. The molecular formula is C20H22O3. The third-order valence-corrected chi connectivity index (χ3v) is 4.36. The van der Waals surface area contributed by atoms with Gasteiger partial charge in [-0.15, -0.1) is 0 Å². The number of benzene rings is 2. The zero-order valence-electron chi connectivity index (χ0n) is 14.1. The van der Waals surface area contributed by atoms with Gasteiger partial charge in [0.05, 0.1) is 12.7 Å². The van der Waals surface area contributed by atoms with E-state index in [1.54, 1.807) is 0 Å². The van der Waals surface area contributed by atoms with Gasteiger partial charge in [0.15, 0.2) is 0 Å². The summed E-state index contributed by atoms with van der Waals surface area (Å²) in [5.41, 5.74) is 4.43. The maximum Gasteiger partial charge on any atom is 0.338 e. The zero-order valence-corrected chi connectivity index (χ0v) is 14.1. The van der Waals surface area contributed by atoms with Crippen molar-refractivity contribution in [3.8, 4) is 16.9 Å². The molecule has 0 spiro atoms. The van der Waals surface area contributed by atoms with E-state index in [1.165, 1.54) is 7.11 Å². The molecule has 3 rings (SSSR count). The first kappa shape index (κ1) is 15.6. The summed E-state index contributed by atoms with van der Waals surface area (Å²) >= 11 is 0. The van der Waals surface area contributed by atoms with E-state index < -0.39 is 0 Å². The van der Waals surface area contributed by atoms with Crippen molar-refractivity contribution in [2.24, 2.45) is 0 Å². The Labute approximate surface area is 137 Å². The monoisotopic (exact) mass is 310 g/mol. The Bertz CT molecular complexity index is 759. The molecule has 0 bridgehead atoms. The molecule has 0 fully saturated rings. The van der Waals surface area contributed by atoms with Crippen molar-refractivity contribution in [3.63, 3.8) is 0 Å². The van der Waals surface area contributed by atoms with Crippen molar-refractivity contribution >= 4 is 5.97 Å². The van der Waals surface area contributed by atoms with Gasteiger partial charge in [-0.2, -0.15) is 0 Å². The van der Waals surface area contributed by atoms with Crippen molar-refractivity contribution in [1.29, 1.82) is 0 Å². The van der Waals surface area contributed by atoms with Crippen LogP contribution in [-0.4, -0.2) is 13.1 Å². The van der Waals surface area contributed by atoms with Crippen LogP contribution in [-0.2, 0) is 16.8 Å². The predicted octanol–water partition coefficient (Wildman–Crippen LogP) is 4.72. The minimum Gasteiger partial charge on any atom is -0.482 e. The maximum absolute atomic E-state index is 12.2. The van der Waals surface area contributed by atoms with E-state index in [4.69, 9.17) is 9.47 Å². The highest BCUT2D eigenvalue weighted by Crippen LogP contribution is 2.46. The second-order valence-electron chi connectivity index (χ2n) is 6.41. The van der Waals surface area contributed by atoms with Crippen LogP contribution in [0.1, 0.15) is 48.7 Å². The van der Waals surface area contributed by atoms with Crippen molar-refractivity contribution in [3.05, 3.63) is 53.1 Å². The smallest absolute Gasteiger partial charge is 0.338 e. The molecule has 3 nitrogen and oxygen atoms in total. The van der Waals surface area contributed by atoms with Gasteiger partial charge in [-0.25, -0.2) is 4.79 Å². The summed E-state index contributed by atoms with van der Waals surface area (Å²) in [6.45, 7) is 6.24. The molecule has 0 saturated heterocycles. The normalized spacial score (nSPS) is 14.4. The summed E-state index contributed by atoms with van der Waals surface area (Å²) in [6, 6.07) is 12.1. The van der Waals surface area contributed by atoms with Gasteiger partial charge in [0.1, 0.15) is 11.4 Å². The predicted molar refractivity (Wildman–Crippen MR) is 90.9 cm³/mol. The lowest BCUT2D eigenvalue weighted by Gasteiger charge is -2.35. The van der Waals surface area contributed by atoms with Crippen LogP contribution in [0.5, 0.6) is 5.75 Å². The molecule has 0 aliphatic carbocycles. The Morgan fingerprint density at radius 3 is 2.61 bits per heavy atom. The zero-order chi connectivity index (χ0) is 16.6. The molecule has 0 amide bonds. The quantitative estimate of drug-likeness (QED) is 0.769. The fraction of sp³-hybridized carbons (Fsp3) is 0.350. The molecule has 3 heteroatoms. The molecule has 2 aromatic rings. The maximum atomic E-state index is 12.2. The fourth-order valence-electron chi connectivity index (χ4n) is 3.27. The van der Waals surface area contributed by atoms with E-state index in [9.17, 15) is 4.79 Å². The summed E-state index contributed by atoms with van der Waals surface area (Å²) < 4.78 is 11.2. The Morgan fingerprint density at radius 2 is 1.91 bits per heavy atom. The molecule has 1 heterocycles. The number of carbonyl (C=O) groups excluding carboxylic acids is 1. The lowest BCUT2D eigenvalue weighted by Crippen LogP contribution is -2.29. The molecule has 1 aliphatic rings. The first-order valence-electron chi connectivity index (χ1n) is 8.02. The Kier molecular flexibility index (Phi) is 3.88. The van der Waals surface area contributed by atoms with Crippen LogP contribution in [0.2, 0.25) is 0 Å². The van der Waals surface area contributed by atoms with Gasteiger partial charge < -0.3 is 9.47 Å². The summed E-state index contributed by atoms with van der Waals surface area (Å²) in [5, 5.41) is 0. The standard InChI is InChI=1S/C20H22O3/c1-5-8-13-11-18-16(12-15(13)19(21)22-4)14-9-6-7-10-17(14)20(2,3)23-18/h6-7,9-12H,5,8H2,1-4H3. The molecule has 0 aromatic heterocycles. The van der Waals surface area contributed by atoms with Gasteiger partial charge in [-0.3, -0.25) is 0 Å². The van der Waals surface area contributed by atoms with E-state index >= 15 is 0 Å². The summed E-state index contributed by atoms with van der Waals surface area (Å²) in [7, 11) is 1.42. The van der Waals surface area contributed by atoms with E-state index in [-0.39, 0.29) is 11.6 Å². The van der Waals surface area contributed by atoms with Gasteiger partial charge in [0.2, 0.25) is 0 Å². The number of ether oxygens (including phenoxy) is 2. The highest BCUT2D eigenvalue weighted by atomic mass is 16.5. The van der Waals surface area contributed by atoms with Crippen LogP contribution in [0, 0.1) is 0 Å². The molecule has 0 N–H and O–H groups in total. The third kappa shape index (κ3) is 2.61. The second kappa shape index (κ2) is 5.73. The highest BCUT2D eigenvalue weighted by Gasteiger charge is 2.33. The van der Waals surface area contributed by atoms with Crippen LogP contribution >= 0.6 is 0 Å². The van der Waals surface area contributed by atoms with Crippen molar-refractivity contribution in [2.75, 3.05) is 7.11 Å². The topological polar surface area (TPSA) is 35.5 Å². The Morgan fingerprint density at radius 1 is 1.17 bits per heavy atom. The summed E-state index contributed by atoms with van der Waals surface area (Å²) in [5.74, 6) is 0.545. The van der Waals surface area contributed by atoms with Crippen molar-refractivity contribution in [2.45, 2.75) is 39.2 Å². The van der Waals surface area contributed by atoms with Gasteiger partial charge >= 0.3 is 5.97 Å². The average Bonchev–Trinajstić information content (AvgIpc) is 2.54. The lowest BCUT2D eigenvalue weighted by atomic mass is 9.84. The minimum atomic E-state index is -0.389. The number of carbonyl (C=O) groups is 1. The summed E-state index contributed by atoms with van der Waals surface area (Å²) in [6.07, 6.45) is 1.78. The second-order valence-corrected chi connectivity index (χ2v) is 6.41. The van der Waals surface area contributed by atoms with Crippen LogP contribution in [0.3, 0.4) is 0 Å². The SMILES string of the molecule is CCCc1cc2c(cc1C(=O)OC)-c1ccccc1C(C)(C)O2. The lowest BCUT2D eigenvalue weighted by molar-refractivity contribution is 0.0599. The summed E-state index contributed by atoms with van der Waals surface area (Å²) in [4.78, 5) is 12.2. The van der Waals surface area contributed by atoms with Crippen molar-refractivity contribution < 1.29 is 14.3 Å². The first-order valence-corrected chi connectivity index (χ1v) is 8.02. The molecule has 0 saturated carbocycles. The fourth-order valence-corrected chi connectivity index (χ4v) is 3.27. The van der Waals surface area contributed by atoms with Crippen LogP contribution in [0.15, 0.2) is 36.4 Å². The Balaban J connectivity index is 2.25. The number of rotatable bonds is 3. The van der Waals surface area contributed by atoms with E-state index in [0.29, 0.717) is 5.56 Å². The first-order chi connectivity index (χ1) is 11.0. The number of aryl methyl sites for hydroxylation is 1. The van der Waals surface area contributed by atoms with Gasteiger partial charge in [0.25, 0.3) is 0 Å². The number of esters is 1. The van der Waals surface area contributed by atoms with Gasteiger partial charge in [0, 0.05) is 11.1 Å². The van der Waals surface area contributed by atoms with E-state index in [1.807, 2.05) is 24.3 Å².